The lowest BCUT2D eigenvalue weighted by Gasteiger charge is -2.30. The SMILES string of the molecule is CCN1/C(=C/C=C/C=C/C2=[N+](CCCCCC(=O)O)c3ccc(S(=O)(=O)[O-])cc3C2(C)CCCCS(=O)(=O)[O-])C(C)(CCCCS(=O)(=O)O)c2cc(S(=O)(=O)O)ccc21. The number of hydrogen-bond acceptors (Lipinski definition) is 12. The molecule has 0 spiro atoms. The predicted molar refractivity (Wildman–Crippen MR) is 219 cm³/mol. The number of rotatable bonds is 22. The van der Waals surface area contributed by atoms with Crippen LogP contribution in [0.25, 0.3) is 0 Å². The molecule has 0 bridgehead atoms. The van der Waals surface area contributed by atoms with Crippen LogP contribution in [0, 0.1) is 0 Å². The molecule has 2 aromatic carbocycles. The summed E-state index contributed by atoms with van der Waals surface area (Å²) >= 11 is 0. The zero-order chi connectivity index (χ0) is 44.0. The van der Waals surface area contributed by atoms with E-state index in [0.717, 1.165) is 5.70 Å². The van der Waals surface area contributed by atoms with Crippen molar-refractivity contribution >= 4 is 63.5 Å². The van der Waals surface area contributed by atoms with E-state index in [0.29, 0.717) is 73.4 Å². The highest BCUT2D eigenvalue weighted by Crippen LogP contribution is 2.51. The highest BCUT2D eigenvalue weighted by Gasteiger charge is 2.47. The summed E-state index contributed by atoms with van der Waals surface area (Å²) in [5.41, 5.74) is 2.09. The van der Waals surface area contributed by atoms with E-state index < -0.39 is 73.7 Å². The Morgan fingerprint density at radius 2 is 1.39 bits per heavy atom. The zero-order valence-corrected chi connectivity index (χ0v) is 36.4. The van der Waals surface area contributed by atoms with Gasteiger partial charge in [-0.15, -0.1) is 0 Å². The Morgan fingerprint density at radius 3 is 1.98 bits per heavy atom. The second kappa shape index (κ2) is 18.9. The normalized spacial score (nSPS) is 20.7. The quantitative estimate of drug-likeness (QED) is 0.0577. The summed E-state index contributed by atoms with van der Waals surface area (Å²) in [6.07, 6.45) is 11.9. The molecular weight excluding hydrogens is 849 g/mol. The van der Waals surface area contributed by atoms with Crippen LogP contribution in [0.4, 0.5) is 11.4 Å². The molecule has 0 radical (unpaired) electrons. The van der Waals surface area contributed by atoms with Crippen molar-refractivity contribution in [2.24, 2.45) is 0 Å². The Hall–Kier alpha value is -3.76. The largest absolute Gasteiger partial charge is 0.748 e. The van der Waals surface area contributed by atoms with E-state index in [1.807, 2.05) is 42.4 Å². The van der Waals surface area contributed by atoms with Crippen LogP contribution in [-0.4, -0.2) is 97.8 Å². The van der Waals surface area contributed by atoms with Gasteiger partial charge in [0.15, 0.2) is 5.71 Å². The molecule has 0 aromatic heterocycles. The number of hydrogen-bond donors (Lipinski definition) is 3. The van der Waals surface area contributed by atoms with Crippen molar-refractivity contribution in [1.29, 1.82) is 0 Å². The maximum Gasteiger partial charge on any atom is 0.303 e. The van der Waals surface area contributed by atoms with E-state index in [-0.39, 0.29) is 37.0 Å². The van der Waals surface area contributed by atoms with Gasteiger partial charge in [0.25, 0.3) is 20.2 Å². The molecule has 3 N–H and O–H groups in total. The van der Waals surface area contributed by atoms with Crippen molar-refractivity contribution in [3.8, 4) is 0 Å². The summed E-state index contributed by atoms with van der Waals surface area (Å²) in [5.74, 6) is -1.96. The van der Waals surface area contributed by atoms with E-state index in [9.17, 15) is 56.7 Å². The van der Waals surface area contributed by atoms with Crippen LogP contribution < -0.4 is 4.90 Å². The van der Waals surface area contributed by atoms with Crippen LogP contribution >= 0.6 is 0 Å². The molecule has 20 heteroatoms. The Kier molecular flexibility index (Phi) is 15.3. The topological polar surface area (TPSA) is 267 Å². The fourth-order valence-electron chi connectivity index (χ4n) is 8.09. The van der Waals surface area contributed by atoms with Crippen molar-refractivity contribution in [2.75, 3.05) is 29.5 Å². The molecule has 0 aliphatic carbocycles. The van der Waals surface area contributed by atoms with Gasteiger partial charge in [-0.05, 0) is 101 Å². The molecule has 2 heterocycles. The molecule has 2 aliphatic rings. The van der Waals surface area contributed by atoms with Crippen LogP contribution in [0.3, 0.4) is 0 Å². The minimum Gasteiger partial charge on any atom is -0.748 e. The molecule has 0 saturated heterocycles. The zero-order valence-electron chi connectivity index (χ0n) is 33.1. The van der Waals surface area contributed by atoms with Gasteiger partial charge in [0.05, 0.1) is 31.1 Å². The standard InChI is InChI=1S/C39H52N2O14S4/c1-4-40-33-20-18-29(58(50,51)52)27-31(33)38(2,22-10-13-25-56(44,45)46)35(40)15-7-5-8-16-36-39(3,23-11-14-26-57(47,48)49)32-28-30(59(53,54)55)19-21-34(32)41(36)24-12-6-9-17-37(42)43/h5,7-8,15-16,18-21,27-28H,4,6,9-14,17,22-26H2,1-3H3,(H4-,42,43,44,45,46,47,48,49,50,51,52,53,54,55)/p-1. The summed E-state index contributed by atoms with van der Waals surface area (Å²) in [4.78, 5) is 12.4. The molecule has 4 rings (SSSR count). The molecule has 326 valence electrons. The minimum absolute atomic E-state index is 0.00965. The number of nitrogens with zero attached hydrogens (tertiary/aromatic N) is 2. The van der Waals surface area contributed by atoms with E-state index in [2.05, 4.69) is 0 Å². The average molecular weight is 900 g/mol. The number of likely N-dealkylation sites (N-methyl/N-ethyl adjacent to an activating group) is 1. The fourth-order valence-corrected chi connectivity index (χ4v) is 10.2. The van der Waals surface area contributed by atoms with Crippen molar-refractivity contribution < 1.29 is 66.4 Å². The van der Waals surface area contributed by atoms with E-state index >= 15 is 0 Å². The number of fused-ring (bicyclic) bond motifs is 2. The molecule has 2 atom stereocenters. The lowest BCUT2D eigenvalue weighted by Crippen LogP contribution is -2.31. The first-order valence-electron chi connectivity index (χ1n) is 19.1. The molecule has 0 saturated carbocycles. The third-order valence-electron chi connectivity index (χ3n) is 11.0. The highest BCUT2D eigenvalue weighted by atomic mass is 32.2. The van der Waals surface area contributed by atoms with Gasteiger partial charge in [0.1, 0.15) is 16.7 Å². The Morgan fingerprint density at radius 1 is 0.763 bits per heavy atom. The van der Waals surface area contributed by atoms with Gasteiger partial charge in [-0.3, -0.25) is 13.9 Å². The van der Waals surface area contributed by atoms with E-state index in [4.69, 9.17) is 5.11 Å². The van der Waals surface area contributed by atoms with Gasteiger partial charge in [-0.25, -0.2) is 16.8 Å². The van der Waals surface area contributed by atoms with Crippen molar-refractivity contribution in [2.45, 2.75) is 106 Å². The van der Waals surface area contributed by atoms with Crippen LogP contribution in [0.2, 0.25) is 0 Å². The molecule has 2 aromatic rings. The highest BCUT2D eigenvalue weighted by molar-refractivity contribution is 7.86. The minimum atomic E-state index is -4.85. The van der Waals surface area contributed by atoms with Gasteiger partial charge in [-0.1, -0.05) is 31.1 Å². The summed E-state index contributed by atoms with van der Waals surface area (Å²) in [6.45, 7) is 6.51. The smallest absolute Gasteiger partial charge is 0.303 e. The molecule has 2 unspecified atom stereocenters. The molecule has 0 amide bonds. The number of carboxylic acid groups (broad SMARTS) is 1. The number of carbonyl (C=O) groups is 1. The van der Waals surface area contributed by atoms with Crippen LogP contribution in [0.15, 0.2) is 82.3 Å². The van der Waals surface area contributed by atoms with Gasteiger partial charge < -0.3 is 19.1 Å². The molecule has 0 fully saturated rings. The van der Waals surface area contributed by atoms with E-state index in [1.54, 1.807) is 30.4 Å². The number of allylic oxidation sites excluding steroid dienone is 6. The summed E-state index contributed by atoms with van der Waals surface area (Å²) in [6, 6.07) is 8.39. The number of anilines is 1. The van der Waals surface area contributed by atoms with Crippen LogP contribution in [0.5, 0.6) is 0 Å². The monoisotopic (exact) mass is 899 g/mol. The first kappa shape index (κ1) is 47.9. The Labute approximate surface area is 347 Å². The van der Waals surface area contributed by atoms with Crippen molar-refractivity contribution in [1.82, 2.24) is 0 Å². The van der Waals surface area contributed by atoms with Gasteiger partial charge in [0, 0.05) is 59.6 Å². The fraction of sp³-hybridized carbons (Fsp3) is 0.487. The summed E-state index contributed by atoms with van der Waals surface area (Å²) in [7, 11) is -18.1. The summed E-state index contributed by atoms with van der Waals surface area (Å²) < 4.78 is 139. The van der Waals surface area contributed by atoms with E-state index in [1.165, 1.54) is 24.3 Å². The number of aliphatic carboxylic acids is 1. The first-order chi connectivity index (χ1) is 27.3. The Balaban J connectivity index is 1.78. The van der Waals surface area contributed by atoms with Crippen molar-refractivity contribution in [3.05, 3.63) is 83.6 Å². The lowest BCUT2D eigenvalue weighted by atomic mass is 9.75. The lowest BCUT2D eigenvalue weighted by molar-refractivity contribution is -0.438. The second-order valence-corrected chi connectivity index (χ2v) is 21.1. The van der Waals surface area contributed by atoms with Gasteiger partial charge in [-0.2, -0.15) is 21.4 Å². The second-order valence-electron chi connectivity index (χ2n) is 15.2. The molecule has 59 heavy (non-hydrogen) atoms. The van der Waals surface area contributed by atoms with Crippen LogP contribution in [0.1, 0.15) is 96.1 Å². The third kappa shape index (κ3) is 12.2. The average Bonchev–Trinajstić information content (AvgIpc) is 3.50. The number of unbranched alkanes of at least 4 members (excludes halogenated alkanes) is 4. The third-order valence-corrected chi connectivity index (χ3v) is 14.2. The maximum atomic E-state index is 12.1. The molecule has 16 nitrogen and oxygen atoms in total. The predicted octanol–water partition coefficient (Wildman–Crippen LogP) is 5.41. The maximum absolute atomic E-state index is 12.1. The molecular formula is C39H51N2O14S4-. The Bertz CT molecular complexity index is 2490. The number of benzene rings is 2. The summed E-state index contributed by atoms with van der Waals surface area (Å²) in [5, 5.41) is 9.11. The van der Waals surface area contributed by atoms with Gasteiger partial charge >= 0.3 is 5.97 Å². The number of carboxylic acids is 1. The van der Waals surface area contributed by atoms with Crippen molar-refractivity contribution in [3.63, 3.8) is 0 Å². The van der Waals surface area contributed by atoms with Gasteiger partial charge in [0.2, 0.25) is 5.69 Å². The first-order valence-corrected chi connectivity index (χ1v) is 25.2. The molecule has 2 aliphatic heterocycles. The van der Waals surface area contributed by atoms with Crippen LogP contribution in [-0.2, 0) is 56.1 Å².